The Morgan fingerprint density at radius 3 is 2.58 bits per heavy atom. The molecule has 1 aromatic carbocycles. The fourth-order valence-corrected chi connectivity index (χ4v) is 6.15. The largest absolute Gasteiger partial charge is 0.494 e. The van der Waals surface area contributed by atoms with Crippen molar-refractivity contribution in [1.82, 2.24) is 24.8 Å². The molecule has 1 saturated carbocycles. The molecule has 1 aliphatic heterocycles. The molecule has 6 rings (SSSR count). The van der Waals surface area contributed by atoms with Crippen LogP contribution < -0.4 is 15.0 Å². The summed E-state index contributed by atoms with van der Waals surface area (Å²) in [5.41, 5.74) is 0.427. The lowest BCUT2D eigenvalue weighted by Crippen LogP contribution is -2.51. The molecule has 3 aromatic heterocycles. The van der Waals surface area contributed by atoms with Gasteiger partial charge in [-0.25, -0.2) is 36.3 Å². The molecule has 0 radical (unpaired) electrons. The third kappa shape index (κ3) is 7.19. The summed E-state index contributed by atoms with van der Waals surface area (Å²) in [6.45, 7) is -0.551. The molecular formula is C31H25F6N7O3S. The fraction of sp³-hybridized carbons (Fsp3) is 0.355. The summed E-state index contributed by atoms with van der Waals surface area (Å²) in [5, 5.41) is 2.77. The molecule has 2 fully saturated rings. The van der Waals surface area contributed by atoms with E-state index in [0.717, 1.165) is 23.6 Å². The van der Waals surface area contributed by atoms with Crippen LogP contribution in [0.4, 0.5) is 37.2 Å². The summed E-state index contributed by atoms with van der Waals surface area (Å²) in [4.78, 5) is 46.3. The van der Waals surface area contributed by atoms with Crippen LogP contribution in [0, 0.1) is 17.8 Å². The zero-order valence-electron chi connectivity index (χ0n) is 25.0. The van der Waals surface area contributed by atoms with E-state index in [2.05, 4.69) is 37.1 Å². The second-order valence-electron chi connectivity index (χ2n) is 11.1. The van der Waals surface area contributed by atoms with E-state index in [4.69, 9.17) is 4.74 Å². The molecule has 1 aliphatic carbocycles. The lowest BCUT2D eigenvalue weighted by atomic mass is 9.82. The standard InChI is InChI=1S/C31H25F6N7O3S/c1-47-23-13-38-22(26(34)35)9-21(23)20-8-18(44-7-6-43(14-24(32)33)15-25(44)45)4-5-19(20)28(46)42-30-41-27-29(48-30)40-17(12-39-27)3-2-16-10-31(36,37)11-16/h4-5,8-9,12-13,16,24,26H,6-7,10-11,14-15H2,1H3,(H,39,41,42,46). The average molecular weight is 690 g/mol. The number of amides is 2. The van der Waals surface area contributed by atoms with Crippen LogP contribution in [-0.2, 0) is 4.79 Å². The minimum absolute atomic E-state index is 0.0104. The number of alkyl halides is 6. The van der Waals surface area contributed by atoms with Crippen LogP contribution in [-0.4, -0.2) is 82.3 Å². The van der Waals surface area contributed by atoms with Crippen molar-refractivity contribution in [2.24, 2.45) is 5.92 Å². The molecule has 1 saturated heterocycles. The first-order valence-electron chi connectivity index (χ1n) is 14.5. The number of carbonyl (C=O) groups excluding carboxylic acids is 2. The van der Waals surface area contributed by atoms with Crippen LogP contribution >= 0.6 is 11.3 Å². The van der Waals surface area contributed by atoms with Crippen LogP contribution in [0.2, 0.25) is 0 Å². The Balaban J connectivity index is 1.31. The van der Waals surface area contributed by atoms with Gasteiger partial charge >= 0.3 is 0 Å². The van der Waals surface area contributed by atoms with Crippen molar-refractivity contribution in [2.75, 3.05) is 43.5 Å². The molecule has 0 atom stereocenters. The SMILES string of the molecule is COc1cnc(C(F)F)cc1-c1cc(N2CCN(CC(F)F)CC2=O)ccc1C(=O)Nc1nc2ncc(C#CC3CC(F)(F)C3)nc2s1. The minimum atomic E-state index is -2.94. The number of nitrogens with one attached hydrogen (secondary N) is 1. The number of pyridine rings is 1. The number of anilines is 2. The highest BCUT2D eigenvalue weighted by molar-refractivity contribution is 7.21. The Bertz CT molecular complexity index is 1940. The van der Waals surface area contributed by atoms with Gasteiger partial charge in [0.05, 0.1) is 32.6 Å². The average Bonchev–Trinajstić information content (AvgIpc) is 3.43. The number of thiazole rings is 1. The molecule has 2 aliphatic rings. The van der Waals surface area contributed by atoms with Gasteiger partial charge in [0.1, 0.15) is 17.1 Å². The zero-order valence-corrected chi connectivity index (χ0v) is 25.8. The zero-order chi connectivity index (χ0) is 34.2. The number of hydrogen-bond acceptors (Lipinski definition) is 9. The lowest BCUT2D eigenvalue weighted by molar-refractivity contribution is -0.121. The number of hydrogen-bond donors (Lipinski definition) is 1. The van der Waals surface area contributed by atoms with Gasteiger partial charge in [0.2, 0.25) is 5.91 Å². The van der Waals surface area contributed by atoms with E-state index in [1.165, 1.54) is 41.3 Å². The van der Waals surface area contributed by atoms with E-state index in [-0.39, 0.29) is 71.4 Å². The number of halogens is 6. The molecule has 10 nitrogen and oxygen atoms in total. The number of aromatic nitrogens is 4. The maximum absolute atomic E-state index is 13.7. The molecule has 0 unspecified atom stereocenters. The van der Waals surface area contributed by atoms with Crippen molar-refractivity contribution < 1.29 is 40.7 Å². The third-order valence-corrected chi connectivity index (χ3v) is 8.57. The van der Waals surface area contributed by atoms with E-state index in [1.807, 2.05) is 0 Å². The van der Waals surface area contributed by atoms with Crippen molar-refractivity contribution in [3.05, 3.63) is 53.6 Å². The van der Waals surface area contributed by atoms with Crippen LogP contribution in [0.25, 0.3) is 21.6 Å². The molecule has 17 heteroatoms. The summed E-state index contributed by atoms with van der Waals surface area (Å²) in [7, 11) is 1.30. The minimum Gasteiger partial charge on any atom is -0.494 e. The number of ether oxygens (including phenoxy) is 1. The van der Waals surface area contributed by atoms with Gasteiger partial charge in [-0.3, -0.25) is 24.8 Å². The number of nitrogens with zero attached hydrogens (tertiary/aromatic N) is 6. The highest BCUT2D eigenvalue weighted by Gasteiger charge is 2.44. The first kappa shape index (κ1) is 33.1. The Labute approximate surface area is 273 Å². The number of carbonyl (C=O) groups is 2. The van der Waals surface area contributed by atoms with Gasteiger partial charge in [0.15, 0.2) is 15.6 Å². The molecule has 0 bridgehead atoms. The lowest BCUT2D eigenvalue weighted by Gasteiger charge is -2.34. The Hall–Kier alpha value is -4.82. The van der Waals surface area contributed by atoms with E-state index >= 15 is 0 Å². The second kappa shape index (κ2) is 13.4. The summed E-state index contributed by atoms with van der Waals surface area (Å²) >= 11 is 0.985. The smallest absolute Gasteiger partial charge is 0.280 e. The predicted octanol–water partition coefficient (Wildman–Crippen LogP) is 5.66. The van der Waals surface area contributed by atoms with E-state index < -0.39 is 48.7 Å². The molecule has 250 valence electrons. The summed E-state index contributed by atoms with van der Waals surface area (Å²) < 4.78 is 84.8. The molecule has 4 aromatic rings. The molecule has 4 heterocycles. The topological polar surface area (TPSA) is 113 Å². The molecule has 2 amide bonds. The first-order chi connectivity index (χ1) is 22.9. The van der Waals surface area contributed by atoms with Gasteiger partial charge in [-0.15, -0.1) is 0 Å². The highest BCUT2D eigenvalue weighted by atomic mass is 32.1. The van der Waals surface area contributed by atoms with E-state index in [0.29, 0.717) is 10.5 Å². The Morgan fingerprint density at radius 1 is 1.10 bits per heavy atom. The van der Waals surface area contributed by atoms with Gasteiger partial charge in [0.25, 0.3) is 24.7 Å². The second-order valence-corrected chi connectivity index (χ2v) is 12.1. The number of fused-ring (bicyclic) bond motifs is 1. The summed E-state index contributed by atoms with van der Waals surface area (Å²) in [6.07, 6.45) is -3.71. The van der Waals surface area contributed by atoms with Gasteiger partial charge in [0, 0.05) is 54.2 Å². The highest BCUT2D eigenvalue weighted by Crippen LogP contribution is 2.42. The van der Waals surface area contributed by atoms with Crippen LogP contribution in [0.15, 0.2) is 36.7 Å². The summed E-state index contributed by atoms with van der Waals surface area (Å²) in [6, 6.07) is 5.45. The van der Waals surface area contributed by atoms with Crippen LogP contribution in [0.5, 0.6) is 5.75 Å². The van der Waals surface area contributed by atoms with Crippen molar-refractivity contribution in [3.63, 3.8) is 0 Å². The number of piperazine rings is 1. The number of benzene rings is 1. The monoisotopic (exact) mass is 689 g/mol. The van der Waals surface area contributed by atoms with Gasteiger partial charge < -0.3 is 9.64 Å². The third-order valence-electron chi connectivity index (χ3n) is 7.72. The quantitative estimate of drug-likeness (QED) is 0.187. The summed E-state index contributed by atoms with van der Waals surface area (Å²) in [5.74, 6) is 1.31. The fourth-order valence-electron chi connectivity index (χ4n) is 5.36. The van der Waals surface area contributed by atoms with Crippen molar-refractivity contribution in [1.29, 1.82) is 0 Å². The molecule has 48 heavy (non-hydrogen) atoms. The maximum atomic E-state index is 13.7. The number of rotatable bonds is 8. The first-order valence-corrected chi connectivity index (χ1v) is 15.3. The van der Waals surface area contributed by atoms with Gasteiger partial charge in [-0.05, 0) is 30.2 Å². The van der Waals surface area contributed by atoms with Gasteiger partial charge in [-0.2, -0.15) is 4.98 Å². The van der Waals surface area contributed by atoms with E-state index in [1.54, 1.807) is 0 Å². The normalized spacial score (nSPS) is 16.6. The maximum Gasteiger partial charge on any atom is 0.280 e. The molecular weight excluding hydrogens is 664 g/mol. The van der Waals surface area contributed by atoms with Crippen molar-refractivity contribution >= 4 is 44.4 Å². The molecule has 1 N–H and O–H groups in total. The van der Waals surface area contributed by atoms with Gasteiger partial charge in [-0.1, -0.05) is 17.3 Å². The molecule has 0 spiro atoms. The van der Waals surface area contributed by atoms with Crippen LogP contribution in [0.3, 0.4) is 0 Å². The van der Waals surface area contributed by atoms with Crippen LogP contribution in [0.1, 0.15) is 41.0 Å². The Kier molecular flexibility index (Phi) is 9.21. The number of methoxy groups -OCH3 is 1. The van der Waals surface area contributed by atoms with Crippen molar-refractivity contribution in [2.45, 2.75) is 31.6 Å². The van der Waals surface area contributed by atoms with E-state index in [9.17, 15) is 35.9 Å². The Morgan fingerprint density at radius 2 is 1.90 bits per heavy atom. The predicted molar refractivity (Wildman–Crippen MR) is 164 cm³/mol. The van der Waals surface area contributed by atoms with Crippen molar-refractivity contribution in [3.8, 4) is 28.7 Å².